The van der Waals surface area contributed by atoms with Crippen LogP contribution in [0.2, 0.25) is 0 Å². The minimum absolute atomic E-state index is 0.201. The molecule has 7 nitrogen and oxygen atoms in total. The van der Waals surface area contributed by atoms with Crippen LogP contribution in [0.25, 0.3) is 0 Å². The van der Waals surface area contributed by atoms with Gasteiger partial charge in [0.05, 0.1) is 5.56 Å². The Morgan fingerprint density at radius 3 is 2.28 bits per heavy atom. The predicted molar refractivity (Wildman–Crippen MR) is 88.9 cm³/mol. The number of rotatable bonds is 6. The molecular formula is C18H16N2O5. The topological polar surface area (TPSA) is 102 Å². The second-order valence-corrected chi connectivity index (χ2v) is 5.03. The van der Waals surface area contributed by atoms with Crippen LogP contribution in [0, 0.1) is 0 Å². The summed E-state index contributed by atoms with van der Waals surface area (Å²) in [4.78, 5) is 45.5. The zero-order chi connectivity index (χ0) is 18.1. The normalized spacial score (nSPS) is 9.76. The van der Waals surface area contributed by atoms with Gasteiger partial charge in [0.1, 0.15) is 6.29 Å². The van der Waals surface area contributed by atoms with Crippen LogP contribution < -0.4 is 10.6 Å². The van der Waals surface area contributed by atoms with Gasteiger partial charge in [-0.2, -0.15) is 0 Å². The third-order valence-electron chi connectivity index (χ3n) is 3.17. The molecular weight excluding hydrogens is 324 g/mol. The van der Waals surface area contributed by atoms with Crippen LogP contribution in [0.1, 0.15) is 26.3 Å². The Balaban J connectivity index is 1.72. The molecule has 2 rings (SSSR count). The fourth-order valence-corrected chi connectivity index (χ4v) is 1.90. The van der Waals surface area contributed by atoms with Crippen LogP contribution in [0.15, 0.2) is 54.6 Å². The molecule has 128 valence electrons. The molecule has 0 aliphatic carbocycles. The van der Waals surface area contributed by atoms with Gasteiger partial charge in [-0.1, -0.05) is 42.5 Å². The number of urea groups is 1. The number of benzene rings is 2. The molecule has 25 heavy (non-hydrogen) atoms. The van der Waals surface area contributed by atoms with E-state index in [1.165, 1.54) is 24.3 Å². The van der Waals surface area contributed by atoms with Crippen molar-refractivity contribution in [2.45, 2.75) is 6.54 Å². The van der Waals surface area contributed by atoms with Crippen molar-refractivity contribution in [3.05, 3.63) is 71.3 Å². The Hall–Kier alpha value is -3.48. The number of amides is 3. The van der Waals surface area contributed by atoms with Gasteiger partial charge in [0, 0.05) is 12.1 Å². The second kappa shape index (κ2) is 8.97. The number of aldehydes is 1. The molecule has 0 spiro atoms. The maximum absolute atomic E-state index is 11.8. The molecule has 2 aromatic carbocycles. The van der Waals surface area contributed by atoms with E-state index in [-0.39, 0.29) is 12.1 Å². The van der Waals surface area contributed by atoms with Crippen molar-refractivity contribution >= 4 is 24.2 Å². The smallest absolute Gasteiger partial charge is 0.338 e. The zero-order valence-corrected chi connectivity index (χ0v) is 13.2. The van der Waals surface area contributed by atoms with Gasteiger partial charge in [-0.25, -0.2) is 9.59 Å². The van der Waals surface area contributed by atoms with Gasteiger partial charge in [0.15, 0.2) is 6.61 Å². The van der Waals surface area contributed by atoms with Crippen molar-refractivity contribution in [2.24, 2.45) is 0 Å². The van der Waals surface area contributed by atoms with Gasteiger partial charge >= 0.3 is 12.0 Å². The van der Waals surface area contributed by atoms with Crippen LogP contribution in [0.5, 0.6) is 0 Å². The van der Waals surface area contributed by atoms with E-state index in [9.17, 15) is 19.2 Å². The summed E-state index contributed by atoms with van der Waals surface area (Å²) in [5, 5.41) is 4.58. The minimum Gasteiger partial charge on any atom is -0.452 e. The Morgan fingerprint density at radius 2 is 1.64 bits per heavy atom. The van der Waals surface area contributed by atoms with Crippen LogP contribution in [-0.2, 0) is 16.1 Å². The van der Waals surface area contributed by atoms with Crippen LogP contribution in [0.3, 0.4) is 0 Å². The van der Waals surface area contributed by atoms with Gasteiger partial charge in [-0.3, -0.25) is 14.9 Å². The number of hydrogen-bond acceptors (Lipinski definition) is 5. The van der Waals surface area contributed by atoms with Gasteiger partial charge < -0.3 is 10.1 Å². The predicted octanol–water partition coefficient (Wildman–Crippen LogP) is 1.68. The number of hydrogen-bond donors (Lipinski definition) is 2. The number of nitrogens with one attached hydrogen (secondary N) is 2. The summed E-state index contributed by atoms with van der Waals surface area (Å²) in [7, 11) is 0. The summed E-state index contributed by atoms with van der Waals surface area (Å²) in [6.45, 7) is -0.324. The number of ether oxygens (including phenoxy) is 1. The maximum Gasteiger partial charge on any atom is 0.338 e. The minimum atomic E-state index is -0.747. The molecule has 0 saturated carbocycles. The van der Waals surface area contributed by atoms with Crippen LogP contribution >= 0.6 is 0 Å². The van der Waals surface area contributed by atoms with E-state index in [2.05, 4.69) is 10.6 Å². The summed E-state index contributed by atoms with van der Waals surface area (Å²) >= 11 is 0. The highest BCUT2D eigenvalue weighted by atomic mass is 16.5. The maximum atomic E-state index is 11.8. The lowest BCUT2D eigenvalue weighted by atomic mass is 10.1. The number of carbonyl (C=O) groups excluding carboxylic acids is 4. The van der Waals surface area contributed by atoms with E-state index in [0.717, 1.165) is 5.56 Å². The van der Waals surface area contributed by atoms with E-state index < -0.39 is 24.5 Å². The highest BCUT2D eigenvalue weighted by Crippen LogP contribution is 2.04. The monoisotopic (exact) mass is 340 g/mol. The van der Waals surface area contributed by atoms with Crippen molar-refractivity contribution < 1.29 is 23.9 Å². The van der Waals surface area contributed by atoms with E-state index in [1.54, 1.807) is 0 Å². The summed E-state index contributed by atoms with van der Waals surface area (Å²) in [5.41, 5.74) is 1.51. The first kappa shape index (κ1) is 17.9. The standard InChI is InChI=1S/C18H16N2O5/c21-11-14-6-8-15(9-7-14)17(23)25-12-16(22)20-18(24)19-10-13-4-2-1-3-5-13/h1-9,11H,10,12H2,(H2,19,20,22,24). The lowest BCUT2D eigenvalue weighted by Crippen LogP contribution is -2.41. The Labute approximate surface area is 144 Å². The average Bonchev–Trinajstić information content (AvgIpc) is 2.65. The van der Waals surface area contributed by atoms with Gasteiger partial charge in [-0.15, -0.1) is 0 Å². The van der Waals surface area contributed by atoms with E-state index >= 15 is 0 Å². The largest absolute Gasteiger partial charge is 0.452 e. The van der Waals surface area contributed by atoms with Crippen molar-refractivity contribution in [3.8, 4) is 0 Å². The highest BCUT2D eigenvalue weighted by molar-refractivity contribution is 5.97. The fourth-order valence-electron chi connectivity index (χ4n) is 1.90. The molecule has 0 unspecified atom stereocenters. The molecule has 7 heteroatoms. The van der Waals surface area contributed by atoms with E-state index in [4.69, 9.17) is 4.74 Å². The third-order valence-corrected chi connectivity index (χ3v) is 3.17. The van der Waals surface area contributed by atoms with Gasteiger partial charge in [-0.05, 0) is 17.7 Å². The van der Waals surface area contributed by atoms with E-state index in [0.29, 0.717) is 11.8 Å². The molecule has 0 radical (unpaired) electrons. The Kier molecular flexibility index (Phi) is 6.41. The molecule has 0 aliphatic rings. The molecule has 2 aromatic rings. The molecule has 2 N–H and O–H groups in total. The molecule has 0 saturated heterocycles. The number of esters is 1. The second-order valence-electron chi connectivity index (χ2n) is 5.03. The lowest BCUT2D eigenvalue weighted by Gasteiger charge is -2.07. The van der Waals surface area contributed by atoms with Crippen molar-refractivity contribution in [1.82, 2.24) is 10.6 Å². The molecule has 0 bridgehead atoms. The van der Waals surface area contributed by atoms with Crippen molar-refractivity contribution in [2.75, 3.05) is 6.61 Å². The van der Waals surface area contributed by atoms with Gasteiger partial charge in [0.2, 0.25) is 0 Å². The first-order valence-electron chi connectivity index (χ1n) is 7.42. The van der Waals surface area contributed by atoms with E-state index in [1.807, 2.05) is 30.3 Å². The fraction of sp³-hybridized carbons (Fsp3) is 0.111. The lowest BCUT2D eigenvalue weighted by molar-refractivity contribution is -0.123. The molecule has 0 fully saturated rings. The Bertz CT molecular complexity index is 757. The quantitative estimate of drug-likeness (QED) is 0.615. The summed E-state index contributed by atoms with van der Waals surface area (Å²) < 4.78 is 4.81. The highest BCUT2D eigenvalue weighted by Gasteiger charge is 2.12. The zero-order valence-electron chi connectivity index (χ0n) is 13.2. The average molecular weight is 340 g/mol. The van der Waals surface area contributed by atoms with Gasteiger partial charge in [0.25, 0.3) is 5.91 Å². The molecule has 0 aromatic heterocycles. The third kappa shape index (κ3) is 5.91. The van der Waals surface area contributed by atoms with Crippen LogP contribution in [-0.4, -0.2) is 30.8 Å². The molecule has 3 amide bonds. The summed E-state index contributed by atoms with van der Waals surface area (Å²) in [6.07, 6.45) is 0.649. The van der Waals surface area contributed by atoms with Crippen molar-refractivity contribution in [3.63, 3.8) is 0 Å². The van der Waals surface area contributed by atoms with Crippen LogP contribution in [0.4, 0.5) is 4.79 Å². The first-order valence-corrected chi connectivity index (χ1v) is 7.42. The first-order chi connectivity index (χ1) is 12.1. The molecule has 0 atom stereocenters. The van der Waals surface area contributed by atoms with Crippen molar-refractivity contribution in [1.29, 1.82) is 0 Å². The molecule has 0 aliphatic heterocycles. The number of imide groups is 1. The summed E-state index contributed by atoms with van der Waals surface area (Å²) in [6, 6.07) is 14.3. The SMILES string of the molecule is O=Cc1ccc(C(=O)OCC(=O)NC(=O)NCc2ccccc2)cc1. The number of carbonyl (C=O) groups is 4. The molecule has 0 heterocycles. The summed E-state index contributed by atoms with van der Waals surface area (Å²) in [5.74, 6) is -1.47. The Morgan fingerprint density at radius 1 is 0.960 bits per heavy atom.